The fourth-order valence-electron chi connectivity index (χ4n) is 3.86. The SMILES string of the molecule is Ic1cc(-c2ccccc2)cc2ccccc12.c1ccc2c(c1)[nH]c1ccccc12. The number of hydrogen-bond acceptors (Lipinski definition) is 0. The second kappa shape index (κ2) is 8.33. The molecule has 0 amide bonds. The Morgan fingerprint density at radius 2 is 1.00 bits per heavy atom. The van der Waals surface area contributed by atoms with Gasteiger partial charge in [-0.15, -0.1) is 0 Å². The molecule has 0 saturated heterocycles. The zero-order valence-electron chi connectivity index (χ0n) is 16.3. The van der Waals surface area contributed by atoms with Gasteiger partial charge in [-0.1, -0.05) is 91.0 Å². The molecule has 1 N–H and O–H groups in total. The summed E-state index contributed by atoms with van der Waals surface area (Å²) in [5.74, 6) is 0. The molecule has 6 aromatic rings. The van der Waals surface area contributed by atoms with Crippen molar-refractivity contribution in [3.8, 4) is 11.1 Å². The van der Waals surface area contributed by atoms with Gasteiger partial charge in [-0.25, -0.2) is 0 Å². The van der Waals surface area contributed by atoms with Crippen LogP contribution < -0.4 is 0 Å². The number of nitrogens with one attached hydrogen (secondary N) is 1. The van der Waals surface area contributed by atoms with E-state index in [0.717, 1.165) is 0 Å². The number of hydrogen-bond donors (Lipinski definition) is 1. The summed E-state index contributed by atoms with van der Waals surface area (Å²) in [5.41, 5.74) is 4.98. The van der Waals surface area contributed by atoms with Gasteiger partial charge >= 0.3 is 0 Å². The second-order valence-corrected chi connectivity index (χ2v) is 8.42. The molecule has 1 heterocycles. The first kappa shape index (κ1) is 18.9. The zero-order valence-corrected chi connectivity index (χ0v) is 18.5. The molecular formula is C28H20IN. The molecule has 5 aromatic carbocycles. The van der Waals surface area contributed by atoms with Gasteiger partial charge < -0.3 is 4.98 Å². The number of rotatable bonds is 1. The Kier molecular flexibility index (Phi) is 5.24. The molecule has 0 aliphatic rings. The first-order valence-corrected chi connectivity index (χ1v) is 11.1. The maximum Gasteiger partial charge on any atom is 0.0464 e. The van der Waals surface area contributed by atoms with Gasteiger partial charge in [0, 0.05) is 25.4 Å². The van der Waals surface area contributed by atoms with E-state index in [1.165, 1.54) is 47.3 Å². The third-order valence-corrected chi connectivity index (χ3v) is 6.22. The van der Waals surface area contributed by atoms with Crippen LogP contribution in [0.25, 0.3) is 43.7 Å². The molecule has 0 atom stereocenters. The van der Waals surface area contributed by atoms with E-state index in [2.05, 4.69) is 143 Å². The highest BCUT2D eigenvalue weighted by atomic mass is 127. The molecule has 0 spiro atoms. The molecule has 0 bridgehead atoms. The summed E-state index contributed by atoms with van der Waals surface area (Å²) < 4.78 is 1.31. The smallest absolute Gasteiger partial charge is 0.0464 e. The van der Waals surface area contributed by atoms with Gasteiger partial charge in [0.1, 0.15) is 0 Å². The van der Waals surface area contributed by atoms with Crippen molar-refractivity contribution < 1.29 is 0 Å². The number of fused-ring (bicyclic) bond motifs is 4. The number of benzene rings is 5. The molecule has 0 fully saturated rings. The van der Waals surface area contributed by atoms with Crippen LogP contribution in [0.3, 0.4) is 0 Å². The highest BCUT2D eigenvalue weighted by Crippen LogP contribution is 2.28. The van der Waals surface area contributed by atoms with Crippen LogP contribution in [0.5, 0.6) is 0 Å². The molecular weight excluding hydrogens is 477 g/mol. The third kappa shape index (κ3) is 3.71. The van der Waals surface area contributed by atoms with Crippen LogP contribution in [-0.4, -0.2) is 4.98 Å². The van der Waals surface area contributed by atoms with E-state index < -0.39 is 0 Å². The van der Waals surface area contributed by atoms with Crippen molar-refractivity contribution in [2.75, 3.05) is 0 Å². The Morgan fingerprint density at radius 3 is 1.67 bits per heavy atom. The minimum atomic E-state index is 1.21. The summed E-state index contributed by atoms with van der Waals surface area (Å²) in [6, 6.07) is 40.3. The van der Waals surface area contributed by atoms with Crippen molar-refractivity contribution in [1.82, 2.24) is 4.98 Å². The van der Waals surface area contributed by atoms with Crippen LogP contribution in [0, 0.1) is 3.57 Å². The fourth-order valence-corrected chi connectivity index (χ4v) is 4.69. The van der Waals surface area contributed by atoms with Crippen molar-refractivity contribution in [2.45, 2.75) is 0 Å². The molecule has 0 aliphatic carbocycles. The van der Waals surface area contributed by atoms with Gasteiger partial charge in [-0.05, 0) is 68.8 Å². The molecule has 2 heteroatoms. The van der Waals surface area contributed by atoms with Gasteiger partial charge in [-0.3, -0.25) is 0 Å². The van der Waals surface area contributed by atoms with Gasteiger partial charge in [0.2, 0.25) is 0 Å². The van der Waals surface area contributed by atoms with Crippen LogP contribution in [0.2, 0.25) is 0 Å². The van der Waals surface area contributed by atoms with Crippen LogP contribution in [-0.2, 0) is 0 Å². The first-order chi connectivity index (χ1) is 14.8. The lowest BCUT2D eigenvalue weighted by atomic mass is 10.0. The highest BCUT2D eigenvalue weighted by Gasteiger charge is 2.03. The summed E-state index contributed by atoms with van der Waals surface area (Å²) in [6.45, 7) is 0. The average Bonchev–Trinajstić information content (AvgIpc) is 3.19. The van der Waals surface area contributed by atoms with E-state index in [1.807, 2.05) is 0 Å². The highest BCUT2D eigenvalue weighted by molar-refractivity contribution is 14.1. The van der Waals surface area contributed by atoms with E-state index in [0.29, 0.717) is 0 Å². The molecule has 0 aliphatic heterocycles. The van der Waals surface area contributed by atoms with Crippen molar-refractivity contribution in [3.63, 3.8) is 0 Å². The minimum Gasteiger partial charge on any atom is -0.355 e. The van der Waals surface area contributed by atoms with E-state index in [4.69, 9.17) is 0 Å². The fraction of sp³-hybridized carbons (Fsp3) is 0. The molecule has 144 valence electrons. The van der Waals surface area contributed by atoms with Gasteiger partial charge in [0.05, 0.1) is 0 Å². The lowest BCUT2D eigenvalue weighted by molar-refractivity contribution is 1.55. The maximum absolute atomic E-state index is 3.38. The van der Waals surface area contributed by atoms with E-state index >= 15 is 0 Å². The molecule has 0 saturated carbocycles. The van der Waals surface area contributed by atoms with Crippen LogP contribution >= 0.6 is 22.6 Å². The Morgan fingerprint density at radius 1 is 0.467 bits per heavy atom. The van der Waals surface area contributed by atoms with Crippen LogP contribution in [0.1, 0.15) is 0 Å². The summed E-state index contributed by atoms with van der Waals surface area (Å²) >= 11 is 2.41. The largest absolute Gasteiger partial charge is 0.355 e. The Bertz CT molecular complexity index is 1400. The molecule has 30 heavy (non-hydrogen) atoms. The van der Waals surface area contributed by atoms with Gasteiger partial charge in [-0.2, -0.15) is 0 Å². The predicted octanol–water partition coefficient (Wildman–Crippen LogP) is 8.43. The van der Waals surface area contributed by atoms with Crippen molar-refractivity contribution >= 4 is 55.2 Å². The number of aromatic nitrogens is 1. The molecule has 6 rings (SSSR count). The average molecular weight is 497 g/mol. The topological polar surface area (TPSA) is 15.8 Å². The van der Waals surface area contributed by atoms with E-state index in [1.54, 1.807) is 0 Å². The number of H-pyrrole nitrogens is 1. The monoisotopic (exact) mass is 497 g/mol. The van der Waals surface area contributed by atoms with Crippen LogP contribution in [0.15, 0.2) is 115 Å². The Labute approximate surface area is 189 Å². The molecule has 0 radical (unpaired) electrons. The van der Waals surface area contributed by atoms with Crippen molar-refractivity contribution in [1.29, 1.82) is 0 Å². The van der Waals surface area contributed by atoms with Crippen LogP contribution in [0.4, 0.5) is 0 Å². The summed E-state index contributed by atoms with van der Waals surface area (Å²) in [6.07, 6.45) is 0. The quantitative estimate of drug-likeness (QED) is 0.220. The second-order valence-electron chi connectivity index (χ2n) is 7.26. The summed E-state index contributed by atoms with van der Waals surface area (Å²) in [5, 5.41) is 5.24. The zero-order chi connectivity index (χ0) is 20.3. The van der Waals surface area contributed by atoms with E-state index in [-0.39, 0.29) is 0 Å². The Hall–Kier alpha value is -3.11. The van der Waals surface area contributed by atoms with Gasteiger partial charge in [0.15, 0.2) is 0 Å². The third-order valence-electron chi connectivity index (χ3n) is 5.33. The van der Waals surface area contributed by atoms with Crippen molar-refractivity contribution in [3.05, 3.63) is 119 Å². The molecule has 1 nitrogen and oxygen atoms in total. The predicted molar refractivity (Wildman–Crippen MR) is 138 cm³/mol. The van der Waals surface area contributed by atoms with E-state index in [9.17, 15) is 0 Å². The lowest BCUT2D eigenvalue weighted by Gasteiger charge is -2.06. The Balaban J connectivity index is 0.000000133. The molecule has 1 aromatic heterocycles. The standard InChI is InChI=1S/C16H11I.C12H9N/c17-16-11-14(12-6-2-1-3-7-12)10-13-8-4-5-9-15(13)16;1-3-7-11-9(5-1)10-6-2-4-8-12(10)13-11/h1-11H;1-8,13H. The first-order valence-electron chi connectivity index (χ1n) is 9.99. The maximum atomic E-state index is 3.38. The number of aromatic amines is 1. The molecule has 0 unspecified atom stereocenters. The summed E-state index contributed by atoms with van der Waals surface area (Å²) in [4.78, 5) is 3.38. The normalized spacial score (nSPS) is 10.8. The lowest BCUT2D eigenvalue weighted by Crippen LogP contribution is -1.82. The van der Waals surface area contributed by atoms with Crippen molar-refractivity contribution in [2.24, 2.45) is 0 Å². The number of para-hydroxylation sites is 2. The summed E-state index contributed by atoms with van der Waals surface area (Å²) in [7, 11) is 0. The van der Waals surface area contributed by atoms with Gasteiger partial charge in [0.25, 0.3) is 0 Å². The number of halogens is 1. The minimum absolute atomic E-state index is 1.21.